The Labute approximate surface area is 99.9 Å². The van der Waals surface area contributed by atoms with E-state index in [1.54, 1.807) is 6.07 Å². The maximum Gasteiger partial charge on any atom is 0.214 e. The van der Waals surface area contributed by atoms with Crippen molar-refractivity contribution in [2.45, 2.75) is 13.5 Å². The molecule has 3 nitrogen and oxygen atoms in total. The van der Waals surface area contributed by atoms with Crippen LogP contribution in [0.25, 0.3) is 0 Å². The quantitative estimate of drug-likeness (QED) is 0.760. The fraction of sp³-hybridized carbons (Fsp3) is 0.231. The maximum atomic E-state index is 13.0. The average Bonchev–Trinajstić information content (AvgIpc) is 2.29. The third-order valence-corrected chi connectivity index (χ3v) is 2.50. The number of hydrogen-bond acceptors (Lipinski definition) is 3. The molecule has 0 radical (unpaired) electrons. The molecule has 0 N–H and O–H groups in total. The van der Waals surface area contributed by atoms with E-state index in [1.807, 2.05) is 37.1 Å². The van der Waals surface area contributed by atoms with Gasteiger partial charge in [0.1, 0.15) is 0 Å². The van der Waals surface area contributed by atoms with Crippen molar-refractivity contribution in [3.8, 4) is 0 Å². The van der Waals surface area contributed by atoms with Crippen molar-refractivity contribution in [3.63, 3.8) is 0 Å². The van der Waals surface area contributed by atoms with E-state index in [0.717, 1.165) is 17.1 Å². The first-order valence-corrected chi connectivity index (χ1v) is 5.40. The van der Waals surface area contributed by atoms with E-state index in [1.165, 1.54) is 12.3 Å². The summed E-state index contributed by atoms with van der Waals surface area (Å²) in [5, 5.41) is 0. The Bertz CT molecular complexity index is 514. The molecule has 0 amide bonds. The highest BCUT2D eigenvalue weighted by Crippen LogP contribution is 2.14. The van der Waals surface area contributed by atoms with Gasteiger partial charge in [-0.25, -0.2) is 4.98 Å². The highest BCUT2D eigenvalue weighted by molar-refractivity contribution is 5.44. The molecule has 0 fully saturated rings. The summed E-state index contributed by atoms with van der Waals surface area (Å²) in [6, 6.07) is 9.07. The lowest BCUT2D eigenvalue weighted by molar-refractivity contribution is 0.583. The number of hydrogen-bond donors (Lipinski definition) is 0. The smallest absolute Gasteiger partial charge is 0.214 e. The minimum atomic E-state index is -0.466. The van der Waals surface area contributed by atoms with Crippen molar-refractivity contribution < 1.29 is 4.39 Å². The maximum absolute atomic E-state index is 13.0. The van der Waals surface area contributed by atoms with Crippen LogP contribution in [0.3, 0.4) is 0 Å². The van der Waals surface area contributed by atoms with Gasteiger partial charge in [-0.2, -0.15) is 4.39 Å². The van der Waals surface area contributed by atoms with Gasteiger partial charge in [0.15, 0.2) is 0 Å². The van der Waals surface area contributed by atoms with Gasteiger partial charge in [-0.15, -0.1) is 0 Å². The number of rotatable bonds is 3. The van der Waals surface area contributed by atoms with Crippen LogP contribution in [-0.4, -0.2) is 17.0 Å². The zero-order valence-electron chi connectivity index (χ0n) is 9.89. The first kappa shape index (κ1) is 11.5. The van der Waals surface area contributed by atoms with Gasteiger partial charge in [0, 0.05) is 30.7 Å². The second-order valence-electron chi connectivity index (χ2n) is 3.96. The van der Waals surface area contributed by atoms with Gasteiger partial charge in [-0.3, -0.25) is 4.98 Å². The monoisotopic (exact) mass is 231 g/mol. The lowest BCUT2D eigenvalue weighted by atomic mass is 10.3. The summed E-state index contributed by atoms with van der Waals surface area (Å²) in [7, 11) is 1.90. The van der Waals surface area contributed by atoms with Crippen LogP contribution in [0.2, 0.25) is 0 Å². The van der Waals surface area contributed by atoms with Crippen LogP contribution < -0.4 is 4.90 Å². The fourth-order valence-corrected chi connectivity index (χ4v) is 1.65. The Balaban J connectivity index is 2.14. The fourth-order valence-electron chi connectivity index (χ4n) is 1.65. The molecule has 4 heteroatoms. The summed E-state index contributed by atoms with van der Waals surface area (Å²) < 4.78 is 13.0. The lowest BCUT2D eigenvalue weighted by Gasteiger charge is -2.18. The van der Waals surface area contributed by atoms with Crippen LogP contribution in [0.1, 0.15) is 11.4 Å². The van der Waals surface area contributed by atoms with E-state index < -0.39 is 5.95 Å². The van der Waals surface area contributed by atoms with Gasteiger partial charge in [0.2, 0.25) is 5.95 Å². The van der Waals surface area contributed by atoms with Crippen molar-refractivity contribution in [1.82, 2.24) is 9.97 Å². The van der Waals surface area contributed by atoms with Crippen molar-refractivity contribution >= 4 is 5.69 Å². The average molecular weight is 231 g/mol. The molecular formula is C13H14FN3. The molecule has 0 unspecified atom stereocenters. The lowest BCUT2D eigenvalue weighted by Crippen LogP contribution is -2.17. The van der Waals surface area contributed by atoms with Crippen molar-refractivity contribution in [2.24, 2.45) is 0 Å². The minimum Gasteiger partial charge on any atom is -0.369 e. The van der Waals surface area contributed by atoms with E-state index in [2.05, 4.69) is 9.97 Å². The molecule has 2 aromatic heterocycles. The molecule has 2 aromatic rings. The number of pyridine rings is 2. The van der Waals surface area contributed by atoms with Crippen molar-refractivity contribution in [1.29, 1.82) is 0 Å². The van der Waals surface area contributed by atoms with Gasteiger partial charge < -0.3 is 4.90 Å². The Morgan fingerprint density at radius 3 is 2.82 bits per heavy atom. The van der Waals surface area contributed by atoms with E-state index >= 15 is 0 Å². The Kier molecular flexibility index (Phi) is 3.32. The van der Waals surface area contributed by atoms with E-state index in [0.29, 0.717) is 6.54 Å². The van der Waals surface area contributed by atoms with Crippen LogP contribution in [-0.2, 0) is 6.54 Å². The van der Waals surface area contributed by atoms with Crippen LogP contribution in [0.4, 0.5) is 10.1 Å². The number of aromatic nitrogens is 2. The number of aryl methyl sites for hydroxylation is 1. The normalized spacial score (nSPS) is 10.3. The third kappa shape index (κ3) is 3.00. The number of anilines is 1. The Hall–Kier alpha value is -1.97. The third-order valence-electron chi connectivity index (χ3n) is 2.50. The summed E-state index contributed by atoms with van der Waals surface area (Å²) in [6.45, 7) is 2.60. The Morgan fingerprint density at radius 2 is 2.12 bits per heavy atom. The summed E-state index contributed by atoms with van der Waals surface area (Å²) in [5.74, 6) is -0.466. The summed E-state index contributed by atoms with van der Waals surface area (Å²) in [4.78, 5) is 9.88. The molecule has 88 valence electrons. The number of nitrogens with zero attached hydrogens (tertiary/aromatic N) is 3. The van der Waals surface area contributed by atoms with Gasteiger partial charge in [-0.1, -0.05) is 6.07 Å². The molecule has 0 aromatic carbocycles. The topological polar surface area (TPSA) is 29.0 Å². The summed E-state index contributed by atoms with van der Waals surface area (Å²) >= 11 is 0. The highest BCUT2D eigenvalue weighted by atomic mass is 19.1. The molecule has 0 aliphatic carbocycles. The molecule has 0 saturated carbocycles. The zero-order chi connectivity index (χ0) is 12.3. The van der Waals surface area contributed by atoms with Crippen molar-refractivity contribution in [2.75, 3.05) is 11.9 Å². The highest BCUT2D eigenvalue weighted by Gasteiger charge is 2.04. The van der Waals surface area contributed by atoms with Crippen LogP contribution in [0.15, 0.2) is 36.5 Å². The minimum absolute atomic E-state index is 0.466. The summed E-state index contributed by atoms with van der Waals surface area (Å²) in [6.07, 6.45) is 1.46. The first-order chi connectivity index (χ1) is 8.15. The molecule has 2 rings (SSSR count). The molecule has 0 spiro atoms. The van der Waals surface area contributed by atoms with E-state index in [9.17, 15) is 4.39 Å². The van der Waals surface area contributed by atoms with Crippen LogP contribution in [0.5, 0.6) is 0 Å². The molecular weight excluding hydrogens is 217 g/mol. The van der Waals surface area contributed by atoms with Crippen LogP contribution >= 0.6 is 0 Å². The predicted molar refractivity (Wildman–Crippen MR) is 65.3 cm³/mol. The first-order valence-electron chi connectivity index (χ1n) is 5.40. The summed E-state index contributed by atoms with van der Waals surface area (Å²) in [5.41, 5.74) is 2.74. The molecule has 0 bridgehead atoms. The van der Waals surface area contributed by atoms with Gasteiger partial charge >= 0.3 is 0 Å². The van der Waals surface area contributed by atoms with Crippen molar-refractivity contribution in [3.05, 3.63) is 53.9 Å². The largest absolute Gasteiger partial charge is 0.369 e. The molecule has 0 aliphatic rings. The Morgan fingerprint density at radius 1 is 1.29 bits per heavy atom. The molecule has 2 heterocycles. The van der Waals surface area contributed by atoms with Crippen LogP contribution in [0, 0.1) is 12.9 Å². The molecule has 0 atom stereocenters. The van der Waals surface area contributed by atoms with E-state index in [-0.39, 0.29) is 0 Å². The second-order valence-corrected chi connectivity index (χ2v) is 3.96. The standard InChI is InChI=1S/C13H14FN3/c1-10-4-3-5-11(16-10)9-17(2)12-6-7-15-13(14)8-12/h3-8H,9H2,1-2H3. The van der Waals surface area contributed by atoms with Gasteiger partial charge in [0.05, 0.1) is 12.2 Å². The number of halogens is 1. The van der Waals surface area contributed by atoms with Gasteiger partial charge in [0.25, 0.3) is 0 Å². The van der Waals surface area contributed by atoms with Gasteiger partial charge in [-0.05, 0) is 25.1 Å². The molecule has 17 heavy (non-hydrogen) atoms. The second kappa shape index (κ2) is 4.91. The van der Waals surface area contributed by atoms with E-state index in [4.69, 9.17) is 0 Å². The SMILES string of the molecule is Cc1cccc(CN(C)c2ccnc(F)c2)n1. The molecule has 0 aliphatic heterocycles. The molecule has 0 saturated heterocycles. The predicted octanol–water partition coefficient (Wildman–Crippen LogP) is 2.56. The zero-order valence-corrected chi connectivity index (χ0v) is 9.89.